The van der Waals surface area contributed by atoms with Crippen LogP contribution in [0.25, 0.3) is 0 Å². The number of rotatable bonds is 2. The molecule has 0 saturated carbocycles. The highest BCUT2D eigenvalue weighted by Gasteiger charge is 2.03. The Balaban J connectivity index is 2.69. The van der Waals surface area contributed by atoms with E-state index < -0.39 is 0 Å². The van der Waals surface area contributed by atoms with E-state index in [-0.39, 0.29) is 17.6 Å². The number of pyridine rings is 1. The number of aryl methyl sites for hydroxylation is 1. The molecule has 0 aliphatic rings. The lowest BCUT2D eigenvalue weighted by atomic mass is 10.4. The van der Waals surface area contributed by atoms with Gasteiger partial charge in [0.25, 0.3) is 0 Å². The first kappa shape index (κ1) is 11.3. The molecule has 0 aromatic carbocycles. The summed E-state index contributed by atoms with van der Waals surface area (Å²) in [6.45, 7) is 3.75. The van der Waals surface area contributed by atoms with Crippen molar-refractivity contribution in [2.45, 2.75) is 19.9 Å². The maximum atomic E-state index is 11.3. The van der Waals surface area contributed by atoms with E-state index in [4.69, 9.17) is 0 Å². The third-order valence-electron chi connectivity index (χ3n) is 1.76. The summed E-state index contributed by atoms with van der Waals surface area (Å²) in [7, 11) is 1.63. The topological polar surface area (TPSA) is 63.1 Å². The Kier molecular flexibility index (Phi) is 3.49. The van der Waals surface area contributed by atoms with Crippen molar-refractivity contribution in [3.63, 3.8) is 0 Å². The van der Waals surface area contributed by atoms with Crippen LogP contribution in [0.3, 0.4) is 0 Å². The minimum atomic E-state index is -0.274. The zero-order valence-electron chi connectivity index (χ0n) is 9.07. The van der Waals surface area contributed by atoms with Crippen molar-refractivity contribution < 1.29 is 4.79 Å². The average Bonchev–Trinajstić information content (AvgIpc) is 2.10. The van der Waals surface area contributed by atoms with Gasteiger partial charge >= 0.3 is 6.03 Å². The Hall–Kier alpha value is -1.78. The Morgan fingerprint density at radius 2 is 2.07 bits per heavy atom. The molecule has 0 atom stereocenters. The molecule has 0 spiro atoms. The van der Waals surface area contributed by atoms with E-state index in [9.17, 15) is 9.59 Å². The number of hydrogen-bond donors (Lipinski definition) is 2. The van der Waals surface area contributed by atoms with Gasteiger partial charge in [0, 0.05) is 25.4 Å². The van der Waals surface area contributed by atoms with Crippen LogP contribution < -0.4 is 16.2 Å². The fraction of sp³-hybridized carbons (Fsp3) is 0.400. The molecular formula is C10H15N3O2. The quantitative estimate of drug-likeness (QED) is 0.760. The van der Waals surface area contributed by atoms with Crippen molar-refractivity contribution in [1.82, 2.24) is 9.88 Å². The zero-order chi connectivity index (χ0) is 11.4. The summed E-state index contributed by atoms with van der Waals surface area (Å²) in [6, 6.07) is 2.79. The van der Waals surface area contributed by atoms with Gasteiger partial charge in [-0.3, -0.25) is 4.79 Å². The molecular weight excluding hydrogens is 194 g/mol. The monoisotopic (exact) mass is 209 g/mol. The number of urea groups is 1. The fourth-order valence-electron chi connectivity index (χ4n) is 1.10. The van der Waals surface area contributed by atoms with Crippen molar-refractivity contribution in [3.8, 4) is 0 Å². The van der Waals surface area contributed by atoms with Crippen molar-refractivity contribution in [3.05, 3.63) is 28.7 Å². The normalized spacial score (nSPS) is 10.1. The van der Waals surface area contributed by atoms with Crippen molar-refractivity contribution in [1.29, 1.82) is 0 Å². The van der Waals surface area contributed by atoms with Crippen LogP contribution in [0.2, 0.25) is 0 Å². The molecule has 0 aliphatic carbocycles. The fourth-order valence-corrected chi connectivity index (χ4v) is 1.10. The first-order valence-electron chi connectivity index (χ1n) is 4.73. The predicted molar refractivity (Wildman–Crippen MR) is 59.0 cm³/mol. The van der Waals surface area contributed by atoms with Crippen LogP contribution in [0, 0.1) is 0 Å². The summed E-state index contributed by atoms with van der Waals surface area (Å²) < 4.78 is 1.41. The second-order valence-electron chi connectivity index (χ2n) is 3.62. The number of nitrogens with zero attached hydrogens (tertiary/aromatic N) is 1. The number of aromatic nitrogens is 1. The summed E-state index contributed by atoms with van der Waals surface area (Å²) in [6.07, 6.45) is 1.57. The maximum absolute atomic E-state index is 11.3. The Labute approximate surface area is 88.1 Å². The van der Waals surface area contributed by atoms with E-state index in [1.54, 1.807) is 19.3 Å². The standard InChI is InChI=1S/C10H15N3O2/c1-7(2)11-10(15)12-8-4-5-9(14)13(3)6-8/h4-7H,1-3H3,(H2,11,12,15). The summed E-state index contributed by atoms with van der Waals surface area (Å²) in [5, 5.41) is 5.32. The molecule has 1 aromatic rings. The molecule has 0 bridgehead atoms. The third kappa shape index (κ3) is 3.46. The predicted octanol–water partition coefficient (Wildman–Crippen LogP) is 0.915. The highest BCUT2D eigenvalue weighted by atomic mass is 16.2. The molecule has 1 rings (SSSR count). The van der Waals surface area contributed by atoms with Crippen LogP contribution in [0.5, 0.6) is 0 Å². The van der Waals surface area contributed by atoms with Gasteiger partial charge in [-0.1, -0.05) is 0 Å². The molecule has 0 radical (unpaired) electrons. The van der Waals surface area contributed by atoms with Crippen LogP contribution >= 0.6 is 0 Å². The number of carbonyl (C=O) groups excluding carboxylic acids is 1. The minimum Gasteiger partial charge on any atom is -0.336 e. The molecule has 15 heavy (non-hydrogen) atoms. The first-order chi connectivity index (χ1) is 6.99. The van der Waals surface area contributed by atoms with E-state index >= 15 is 0 Å². The average molecular weight is 209 g/mol. The molecule has 0 saturated heterocycles. The third-order valence-corrected chi connectivity index (χ3v) is 1.76. The lowest BCUT2D eigenvalue weighted by Gasteiger charge is -2.10. The maximum Gasteiger partial charge on any atom is 0.319 e. The molecule has 5 nitrogen and oxygen atoms in total. The number of carbonyl (C=O) groups is 1. The van der Waals surface area contributed by atoms with Gasteiger partial charge in [0.05, 0.1) is 5.69 Å². The van der Waals surface area contributed by atoms with Crippen LogP contribution in [-0.2, 0) is 7.05 Å². The lowest BCUT2D eigenvalue weighted by Crippen LogP contribution is -2.34. The van der Waals surface area contributed by atoms with Crippen LogP contribution in [0.15, 0.2) is 23.1 Å². The van der Waals surface area contributed by atoms with Crippen LogP contribution in [0.1, 0.15) is 13.8 Å². The molecule has 0 fully saturated rings. The minimum absolute atomic E-state index is 0.0810. The number of nitrogens with one attached hydrogen (secondary N) is 2. The van der Waals surface area contributed by atoms with Gasteiger partial charge in [-0.15, -0.1) is 0 Å². The van der Waals surface area contributed by atoms with E-state index in [0.29, 0.717) is 5.69 Å². The van der Waals surface area contributed by atoms with Crippen molar-refractivity contribution in [2.75, 3.05) is 5.32 Å². The van der Waals surface area contributed by atoms with E-state index in [1.165, 1.54) is 10.6 Å². The van der Waals surface area contributed by atoms with Gasteiger partial charge < -0.3 is 15.2 Å². The highest BCUT2D eigenvalue weighted by Crippen LogP contribution is 2.01. The molecule has 1 heterocycles. The Morgan fingerprint density at radius 1 is 1.40 bits per heavy atom. The van der Waals surface area contributed by atoms with Gasteiger partial charge in [0.2, 0.25) is 5.56 Å². The van der Waals surface area contributed by atoms with Crippen LogP contribution in [0.4, 0.5) is 10.5 Å². The molecule has 0 unspecified atom stereocenters. The summed E-state index contributed by atoms with van der Waals surface area (Å²) in [4.78, 5) is 22.4. The molecule has 5 heteroatoms. The van der Waals surface area contributed by atoms with Gasteiger partial charge in [-0.2, -0.15) is 0 Å². The second kappa shape index (κ2) is 4.63. The van der Waals surface area contributed by atoms with Gasteiger partial charge in [0.15, 0.2) is 0 Å². The van der Waals surface area contributed by atoms with Gasteiger partial charge in [0.1, 0.15) is 0 Å². The van der Waals surface area contributed by atoms with E-state index in [2.05, 4.69) is 10.6 Å². The largest absolute Gasteiger partial charge is 0.336 e. The number of amides is 2. The zero-order valence-corrected chi connectivity index (χ0v) is 9.07. The number of anilines is 1. The molecule has 82 valence electrons. The molecule has 2 amide bonds. The van der Waals surface area contributed by atoms with Gasteiger partial charge in [-0.25, -0.2) is 4.79 Å². The SMILES string of the molecule is CC(C)NC(=O)Nc1ccc(=O)n(C)c1. The summed E-state index contributed by atoms with van der Waals surface area (Å²) in [5.41, 5.74) is 0.486. The highest BCUT2D eigenvalue weighted by molar-refractivity contribution is 5.89. The van der Waals surface area contributed by atoms with Crippen molar-refractivity contribution in [2.24, 2.45) is 7.05 Å². The molecule has 2 N–H and O–H groups in total. The second-order valence-corrected chi connectivity index (χ2v) is 3.62. The van der Waals surface area contributed by atoms with E-state index in [0.717, 1.165) is 0 Å². The van der Waals surface area contributed by atoms with E-state index in [1.807, 2.05) is 13.8 Å². The first-order valence-corrected chi connectivity index (χ1v) is 4.73. The lowest BCUT2D eigenvalue weighted by molar-refractivity contribution is 0.250. The molecule has 1 aromatic heterocycles. The Morgan fingerprint density at radius 3 is 2.60 bits per heavy atom. The Bertz CT molecular complexity index is 409. The smallest absolute Gasteiger partial charge is 0.319 e. The van der Waals surface area contributed by atoms with Gasteiger partial charge in [-0.05, 0) is 19.9 Å². The van der Waals surface area contributed by atoms with Crippen LogP contribution in [-0.4, -0.2) is 16.6 Å². The summed E-state index contributed by atoms with van der Waals surface area (Å²) >= 11 is 0. The molecule has 0 aliphatic heterocycles. The summed E-state index contributed by atoms with van der Waals surface area (Å²) in [5.74, 6) is 0. The number of hydrogen-bond acceptors (Lipinski definition) is 2. The van der Waals surface area contributed by atoms with Crippen molar-refractivity contribution >= 4 is 11.7 Å².